The van der Waals surface area contributed by atoms with E-state index in [1.165, 1.54) is 36.4 Å². The Hall–Kier alpha value is -2.83. The minimum Gasteiger partial charge on any atom is -0.508 e. The van der Waals surface area contributed by atoms with Crippen LogP contribution in [0.1, 0.15) is 68.7 Å². The van der Waals surface area contributed by atoms with Gasteiger partial charge in [0, 0.05) is 36.8 Å². The summed E-state index contributed by atoms with van der Waals surface area (Å²) in [6.07, 6.45) is -3.29. The zero-order valence-corrected chi connectivity index (χ0v) is 18.6. The first-order valence-corrected chi connectivity index (χ1v) is 10.7. The Morgan fingerprint density at radius 2 is 1.16 bits per heavy atom. The number of halogens is 3. The van der Waals surface area contributed by atoms with Gasteiger partial charge in [-0.05, 0) is 43.0 Å². The quantitative estimate of drug-likeness (QED) is 0.481. The van der Waals surface area contributed by atoms with E-state index >= 15 is 0 Å². The van der Waals surface area contributed by atoms with Gasteiger partial charge < -0.3 is 10.2 Å². The fraction of sp³-hybridized carbons (Fsp3) is 0.440. The number of hydrogen-bond acceptors (Lipinski definition) is 4. The fourth-order valence-corrected chi connectivity index (χ4v) is 3.73. The summed E-state index contributed by atoms with van der Waals surface area (Å²) >= 11 is 0. The lowest BCUT2D eigenvalue weighted by Crippen LogP contribution is -2.40. The number of aromatic hydroxyl groups is 2. The number of ketones is 2. The molecule has 32 heavy (non-hydrogen) atoms. The average Bonchev–Trinajstić information content (AvgIpc) is 2.70. The van der Waals surface area contributed by atoms with Crippen LogP contribution in [0.15, 0.2) is 36.4 Å². The molecule has 0 unspecified atom stereocenters. The number of phenolic OH excluding ortho intramolecular Hbond substituents is 2. The molecular formula is C25H29F3O4. The maximum Gasteiger partial charge on any atom is 0.402 e. The van der Waals surface area contributed by atoms with Crippen LogP contribution in [0.5, 0.6) is 11.5 Å². The number of benzene rings is 2. The van der Waals surface area contributed by atoms with E-state index in [4.69, 9.17) is 0 Å². The standard InChI is InChI=1S/C25H29F3O4/c1-4-6-20(29)14-16-12-18(8-10-22(16)31)24(3,25(26,27)28)19-9-11-23(32)17(13-19)15-21(30)7-5-2/h8-13,31-32H,4-7,14-15H2,1-3H3. The van der Waals surface area contributed by atoms with Gasteiger partial charge in [-0.25, -0.2) is 0 Å². The molecule has 2 aromatic carbocycles. The van der Waals surface area contributed by atoms with E-state index in [9.17, 15) is 33.0 Å². The van der Waals surface area contributed by atoms with Crippen molar-refractivity contribution in [2.45, 2.75) is 70.9 Å². The minimum atomic E-state index is -4.73. The molecule has 7 heteroatoms. The van der Waals surface area contributed by atoms with Crippen LogP contribution in [0.3, 0.4) is 0 Å². The van der Waals surface area contributed by atoms with E-state index in [1.807, 2.05) is 13.8 Å². The third-order valence-corrected chi connectivity index (χ3v) is 5.71. The van der Waals surface area contributed by atoms with Crippen molar-refractivity contribution < 1.29 is 33.0 Å². The van der Waals surface area contributed by atoms with Crippen molar-refractivity contribution in [3.63, 3.8) is 0 Å². The molecule has 2 aromatic rings. The van der Waals surface area contributed by atoms with E-state index in [0.717, 1.165) is 6.92 Å². The van der Waals surface area contributed by atoms with Crippen molar-refractivity contribution in [3.05, 3.63) is 58.7 Å². The topological polar surface area (TPSA) is 74.6 Å². The highest BCUT2D eigenvalue weighted by Crippen LogP contribution is 2.47. The number of phenols is 2. The smallest absolute Gasteiger partial charge is 0.402 e. The number of carbonyl (C=O) groups is 2. The molecule has 0 radical (unpaired) electrons. The zero-order chi connectivity index (χ0) is 24.1. The van der Waals surface area contributed by atoms with Crippen molar-refractivity contribution >= 4 is 11.6 Å². The van der Waals surface area contributed by atoms with Crippen molar-refractivity contribution in [3.8, 4) is 11.5 Å². The first-order valence-electron chi connectivity index (χ1n) is 10.7. The number of rotatable bonds is 10. The molecule has 0 saturated carbocycles. The zero-order valence-electron chi connectivity index (χ0n) is 18.6. The number of Topliss-reactive ketones (excluding diaryl/α,β-unsaturated/α-hetero) is 2. The van der Waals surface area contributed by atoms with Crippen molar-refractivity contribution in [2.24, 2.45) is 0 Å². The summed E-state index contributed by atoms with van der Waals surface area (Å²) in [6.45, 7) is 4.66. The van der Waals surface area contributed by atoms with E-state index < -0.39 is 11.6 Å². The summed E-state index contributed by atoms with van der Waals surface area (Å²) in [6, 6.07) is 7.13. The predicted molar refractivity (Wildman–Crippen MR) is 116 cm³/mol. The van der Waals surface area contributed by atoms with Gasteiger partial charge in [-0.3, -0.25) is 9.59 Å². The van der Waals surface area contributed by atoms with E-state index in [0.29, 0.717) is 12.8 Å². The molecule has 0 aliphatic heterocycles. The Kier molecular flexibility index (Phi) is 8.10. The molecule has 174 valence electrons. The second-order valence-electron chi connectivity index (χ2n) is 8.24. The highest BCUT2D eigenvalue weighted by molar-refractivity contribution is 5.82. The maximum atomic E-state index is 14.4. The van der Waals surface area contributed by atoms with Crippen LogP contribution in [0.2, 0.25) is 0 Å². The van der Waals surface area contributed by atoms with Crippen LogP contribution >= 0.6 is 0 Å². The molecule has 2 rings (SSSR count). The summed E-state index contributed by atoms with van der Waals surface area (Å²) in [7, 11) is 0. The van der Waals surface area contributed by atoms with Gasteiger partial charge in [0.1, 0.15) is 28.5 Å². The van der Waals surface area contributed by atoms with Crippen LogP contribution in [0.4, 0.5) is 13.2 Å². The molecule has 0 heterocycles. The van der Waals surface area contributed by atoms with Crippen LogP contribution in [-0.4, -0.2) is 28.0 Å². The van der Waals surface area contributed by atoms with E-state index in [-0.39, 0.29) is 71.0 Å². The third-order valence-electron chi connectivity index (χ3n) is 5.71. The Morgan fingerprint density at radius 1 is 0.781 bits per heavy atom. The molecule has 0 spiro atoms. The van der Waals surface area contributed by atoms with Gasteiger partial charge in [-0.1, -0.05) is 38.1 Å². The summed E-state index contributed by atoms with van der Waals surface area (Å²) in [4.78, 5) is 24.1. The predicted octanol–water partition coefficient (Wildman–Crippen LogP) is 5.79. The SMILES string of the molecule is CCCC(=O)Cc1cc(C(C)(c2ccc(O)c(CC(=O)CCC)c2)C(F)(F)F)ccc1O. The second kappa shape index (κ2) is 10.2. The molecule has 0 aromatic heterocycles. The van der Waals surface area contributed by atoms with Gasteiger partial charge in [0.15, 0.2) is 0 Å². The van der Waals surface area contributed by atoms with E-state index in [1.54, 1.807) is 0 Å². The molecular weight excluding hydrogens is 421 g/mol. The van der Waals surface area contributed by atoms with Crippen LogP contribution < -0.4 is 0 Å². The summed E-state index contributed by atoms with van der Waals surface area (Å²) < 4.78 is 43.3. The van der Waals surface area contributed by atoms with Crippen molar-refractivity contribution in [1.82, 2.24) is 0 Å². The molecule has 4 nitrogen and oxygen atoms in total. The van der Waals surface area contributed by atoms with Gasteiger partial charge in [0.05, 0.1) is 0 Å². The van der Waals surface area contributed by atoms with Crippen LogP contribution in [0, 0.1) is 0 Å². The Morgan fingerprint density at radius 3 is 1.47 bits per heavy atom. The van der Waals surface area contributed by atoms with Gasteiger partial charge in [0.2, 0.25) is 0 Å². The Labute approximate surface area is 186 Å². The molecule has 0 amide bonds. The van der Waals surface area contributed by atoms with Gasteiger partial charge in [-0.2, -0.15) is 13.2 Å². The molecule has 0 aliphatic carbocycles. The monoisotopic (exact) mass is 450 g/mol. The first-order chi connectivity index (χ1) is 14.9. The molecule has 0 saturated heterocycles. The van der Waals surface area contributed by atoms with E-state index in [2.05, 4.69) is 0 Å². The largest absolute Gasteiger partial charge is 0.508 e. The molecule has 0 atom stereocenters. The number of alkyl halides is 3. The first kappa shape index (κ1) is 25.4. The van der Waals surface area contributed by atoms with Crippen LogP contribution in [0.25, 0.3) is 0 Å². The fourth-order valence-electron chi connectivity index (χ4n) is 3.73. The lowest BCUT2D eigenvalue weighted by molar-refractivity contribution is -0.173. The summed E-state index contributed by atoms with van der Waals surface area (Å²) in [5.41, 5.74) is -2.50. The summed E-state index contributed by atoms with van der Waals surface area (Å²) in [5.74, 6) is -0.816. The molecule has 0 fully saturated rings. The van der Waals surface area contributed by atoms with Gasteiger partial charge in [0.25, 0.3) is 0 Å². The Balaban J connectivity index is 2.59. The third kappa shape index (κ3) is 5.50. The van der Waals surface area contributed by atoms with Crippen LogP contribution in [-0.2, 0) is 27.8 Å². The van der Waals surface area contributed by atoms with Gasteiger partial charge >= 0.3 is 6.18 Å². The Bertz CT molecular complexity index is 910. The minimum absolute atomic E-state index is 0.133. The second-order valence-corrected chi connectivity index (χ2v) is 8.24. The maximum absolute atomic E-state index is 14.4. The highest BCUT2D eigenvalue weighted by Gasteiger charge is 2.53. The molecule has 0 aliphatic rings. The van der Waals surface area contributed by atoms with Crippen molar-refractivity contribution in [1.29, 1.82) is 0 Å². The lowest BCUT2D eigenvalue weighted by atomic mass is 9.74. The number of carbonyl (C=O) groups excluding carboxylic acids is 2. The molecule has 0 bridgehead atoms. The van der Waals surface area contributed by atoms with Gasteiger partial charge in [-0.15, -0.1) is 0 Å². The summed E-state index contributed by atoms with van der Waals surface area (Å²) in [5, 5.41) is 20.2. The lowest BCUT2D eigenvalue weighted by Gasteiger charge is -2.34. The number of hydrogen-bond donors (Lipinski definition) is 2. The highest BCUT2D eigenvalue weighted by atomic mass is 19.4. The average molecular weight is 450 g/mol. The molecule has 2 N–H and O–H groups in total. The normalized spacial score (nSPS) is 12.1. The van der Waals surface area contributed by atoms with Crippen molar-refractivity contribution in [2.75, 3.05) is 0 Å².